The van der Waals surface area contributed by atoms with Crippen LogP contribution in [0.4, 0.5) is 0 Å². The van der Waals surface area contributed by atoms with Gasteiger partial charge < -0.3 is 14.7 Å². The Morgan fingerprint density at radius 1 is 1.50 bits per heavy atom. The van der Waals surface area contributed by atoms with E-state index in [1.807, 2.05) is 0 Å². The van der Waals surface area contributed by atoms with Crippen LogP contribution in [-0.2, 0) is 20.9 Å². The van der Waals surface area contributed by atoms with Crippen molar-refractivity contribution in [3.63, 3.8) is 0 Å². The highest BCUT2D eigenvalue weighted by Gasteiger charge is 2.32. The number of carbonyl (C=O) groups excluding carboxylic acids is 1. The highest BCUT2D eigenvalue weighted by Crippen LogP contribution is 2.09. The van der Waals surface area contributed by atoms with Crippen molar-refractivity contribution in [2.75, 3.05) is 19.8 Å². The Bertz CT molecular complexity index is 418. The topological polar surface area (TPSA) is 84.7 Å². The van der Waals surface area contributed by atoms with Gasteiger partial charge in [0, 0.05) is 31.9 Å². The van der Waals surface area contributed by atoms with Crippen molar-refractivity contribution >= 4 is 11.9 Å². The number of hydrogen-bond acceptors (Lipinski definition) is 4. The van der Waals surface area contributed by atoms with Crippen LogP contribution in [0.2, 0.25) is 0 Å². The molecule has 0 aliphatic carbocycles. The number of carbonyl (C=O) groups is 2. The van der Waals surface area contributed by atoms with Crippen molar-refractivity contribution in [2.45, 2.75) is 19.0 Å². The number of aliphatic carboxylic acids is 1. The van der Waals surface area contributed by atoms with Crippen molar-refractivity contribution in [3.8, 4) is 0 Å². The number of carboxylic acids is 1. The zero-order valence-corrected chi connectivity index (χ0v) is 9.86. The van der Waals surface area contributed by atoms with E-state index in [1.54, 1.807) is 23.1 Å². The van der Waals surface area contributed by atoms with Gasteiger partial charge in [0.1, 0.15) is 0 Å². The maximum absolute atomic E-state index is 12.0. The Morgan fingerprint density at radius 2 is 2.33 bits per heavy atom. The van der Waals surface area contributed by atoms with Crippen molar-refractivity contribution in [1.82, 2.24) is 14.7 Å². The van der Waals surface area contributed by atoms with Gasteiger partial charge >= 0.3 is 5.97 Å². The van der Waals surface area contributed by atoms with E-state index in [0.29, 0.717) is 19.7 Å². The minimum atomic E-state index is -1.03. The van der Waals surface area contributed by atoms with Crippen LogP contribution >= 0.6 is 0 Å². The van der Waals surface area contributed by atoms with Crippen LogP contribution in [0.5, 0.6) is 0 Å². The van der Waals surface area contributed by atoms with E-state index in [1.165, 1.54) is 4.90 Å². The molecule has 0 aromatic carbocycles. The average molecular weight is 253 g/mol. The molecule has 1 unspecified atom stereocenters. The summed E-state index contributed by atoms with van der Waals surface area (Å²) in [5.41, 5.74) is 0. The van der Waals surface area contributed by atoms with E-state index in [4.69, 9.17) is 9.84 Å². The summed E-state index contributed by atoms with van der Waals surface area (Å²) in [6.07, 6.45) is 3.64. The molecule has 1 amide bonds. The van der Waals surface area contributed by atoms with Crippen molar-refractivity contribution in [1.29, 1.82) is 0 Å². The van der Waals surface area contributed by atoms with Gasteiger partial charge in [-0.1, -0.05) is 0 Å². The van der Waals surface area contributed by atoms with Crippen LogP contribution in [0.25, 0.3) is 0 Å². The number of carboxylic acid groups (broad SMARTS) is 1. The molecule has 1 atom stereocenters. The Kier molecular flexibility index (Phi) is 3.93. The Balaban J connectivity index is 1.92. The highest BCUT2D eigenvalue weighted by atomic mass is 16.5. The zero-order valence-electron chi connectivity index (χ0n) is 9.86. The molecule has 2 rings (SSSR count). The van der Waals surface area contributed by atoms with Gasteiger partial charge in [-0.05, 0) is 6.07 Å². The fourth-order valence-corrected chi connectivity index (χ4v) is 1.89. The summed E-state index contributed by atoms with van der Waals surface area (Å²) in [6.45, 7) is 1.23. The van der Waals surface area contributed by atoms with Crippen LogP contribution < -0.4 is 0 Å². The van der Waals surface area contributed by atoms with Crippen molar-refractivity contribution < 1.29 is 19.4 Å². The second-order valence-corrected chi connectivity index (χ2v) is 4.04. The molecule has 1 fully saturated rings. The maximum Gasteiger partial charge on any atom is 0.328 e. The largest absolute Gasteiger partial charge is 0.480 e. The normalized spacial score (nSPS) is 19.8. The van der Waals surface area contributed by atoms with Gasteiger partial charge in [0.25, 0.3) is 0 Å². The lowest BCUT2D eigenvalue weighted by Gasteiger charge is -2.32. The highest BCUT2D eigenvalue weighted by molar-refractivity contribution is 5.83. The number of aromatic nitrogens is 2. The molecule has 1 aliphatic rings. The Hall–Kier alpha value is -1.89. The van der Waals surface area contributed by atoms with Gasteiger partial charge in [0.05, 0.1) is 13.2 Å². The Labute approximate surface area is 104 Å². The summed E-state index contributed by atoms with van der Waals surface area (Å²) in [7, 11) is 0. The molecule has 2 heterocycles. The van der Waals surface area contributed by atoms with Crippen LogP contribution in [0.1, 0.15) is 6.42 Å². The molecule has 18 heavy (non-hydrogen) atoms. The van der Waals surface area contributed by atoms with Crippen molar-refractivity contribution in [3.05, 3.63) is 18.5 Å². The summed E-state index contributed by atoms with van der Waals surface area (Å²) < 4.78 is 6.73. The minimum Gasteiger partial charge on any atom is -0.480 e. The van der Waals surface area contributed by atoms with Crippen LogP contribution in [-0.4, -0.2) is 57.5 Å². The molecule has 7 heteroatoms. The summed E-state index contributed by atoms with van der Waals surface area (Å²) in [4.78, 5) is 24.4. The molecule has 0 radical (unpaired) electrons. The van der Waals surface area contributed by atoms with E-state index >= 15 is 0 Å². The lowest BCUT2D eigenvalue weighted by Crippen LogP contribution is -2.52. The number of amides is 1. The molecule has 1 N–H and O–H groups in total. The smallest absolute Gasteiger partial charge is 0.328 e. The SMILES string of the molecule is O=C(O)C1COCCN1C(=O)CCn1cccn1. The first-order valence-electron chi connectivity index (χ1n) is 5.76. The second-order valence-electron chi connectivity index (χ2n) is 4.04. The van der Waals surface area contributed by atoms with E-state index < -0.39 is 12.0 Å². The first-order chi connectivity index (χ1) is 8.68. The lowest BCUT2D eigenvalue weighted by molar-refractivity contribution is -0.158. The third-order valence-electron chi connectivity index (χ3n) is 2.85. The predicted octanol–water partition coefficient (Wildman–Crippen LogP) is -0.415. The van der Waals surface area contributed by atoms with Crippen LogP contribution in [0.3, 0.4) is 0 Å². The van der Waals surface area contributed by atoms with Gasteiger partial charge in [-0.15, -0.1) is 0 Å². The minimum absolute atomic E-state index is 0.0584. The number of ether oxygens (including phenoxy) is 1. The van der Waals surface area contributed by atoms with E-state index in [0.717, 1.165) is 0 Å². The zero-order chi connectivity index (χ0) is 13.0. The summed E-state index contributed by atoms with van der Waals surface area (Å²) >= 11 is 0. The summed E-state index contributed by atoms with van der Waals surface area (Å²) in [6, 6.07) is 0.906. The van der Waals surface area contributed by atoms with Gasteiger partial charge in [-0.25, -0.2) is 4.79 Å². The summed E-state index contributed by atoms with van der Waals surface area (Å²) in [5, 5.41) is 13.0. The first kappa shape index (κ1) is 12.6. The van der Waals surface area contributed by atoms with E-state index in [9.17, 15) is 9.59 Å². The fraction of sp³-hybridized carbons (Fsp3) is 0.545. The number of rotatable bonds is 4. The van der Waals surface area contributed by atoms with Crippen LogP contribution in [0, 0.1) is 0 Å². The third-order valence-corrected chi connectivity index (χ3v) is 2.85. The van der Waals surface area contributed by atoms with Gasteiger partial charge in [-0.3, -0.25) is 9.48 Å². The molecule has 0 bridgehead atoms. The number of nitrogens with zero attached hydrogens (tertiary/aromatic N) is 3. The number of hydrogen-bond donors (Lipinski definition) is 1. The molecule has 98 valence electrons. The second kappa shape index (κ2) is 5.63. The molecule has 0 spiro atoms. The number of aryl methyl sites for hydroxylation is 1. The monoisotopic (exact) mass is 253 g/mol. The fourth-order valence-electron chi connectivity index (χ4n) is 1.89. The standard InChI is InChI=1S/C11H15N3O4/c15-10(2-5-13-4-1-3-12-13)14-6-7-18-8-9(14)11(16)17/h1,3-4,9H,2,5-8H2,(H,16,17). The van der Waals surface area contributed by atoms with Crippen molar-refractivity contribution in [2.24, 2.45) is 0 Å². The van der Waals surface area contributed by atoms with E-state index in [-0.39, 0.29) is 18.9 Å². The van der Waals surface area contributed by atoms with E-state index in [2.05, 4.69) is 5.10 Å². The molecule has 7 nitrogen and oxygen atoms in total. The molecular weight excluding hydrogens is 238 g/mol. The average Bonchev–Trinajstić information content (AvgIpc) is 2.89. The molecule has 0 saturated carbocycles. The molecule has 1 saturated heterocycles. The lowest BCUT2D eigenvalue weighted by atomic mass is 10.2. The van der Waals surface area contributed by atoms with Crippen LogP contribution in [0.15, 0.2) is 18.5 Å². The third kappa shape index (κ3) is 2.86. The molecule has 1 aliphatic heterocycles. The van der Waals surface area contributed by atoms with Gasteiger partial charge in [-0.2, -0.15) is 5.10 Å². The van der Waals surface area contributed by atoms with Gasteiger partial charge in [0.2, 0.25) is 5.91 Å². The molecule has 1 aromatic heterocycles. The summed E-state index contributed by atoms with van der Waals surface area (Å²) in [5.74, 6) is -1.21. The molecule has 1 aromatic rings. The first-order valence-corrected chi connectivity index (χ1v) is 5.76. The number of morpholine rings is 1. The predicted molar refractivity (Wildman–Crippen MR) is 60.8 cm³/mol. The Morgan fingerprint density at radius 3 is 3.00 bits per heavy atom. The molecular formula is C11H15N3O4. The van der Waals surface area contributed by atoms with Gasteiger partial charge in [0.15, 0.2) is 6.04 Å². The maximum atomic E-state index is 12.0. The quantitative estimate of drug-likeness (QED) is 0.788.